The lowest BCUT2D eigenvalue weighted by atomic mass is 9.76. The number of Topliss-reactive ketones (excluding diaryl/α,β-unsaturated/α-hetero) is 1. The van der Waals surface area contributed by atoms with Gasteiger partial charge < -0.3 is 52.0 Å². The molecule has 0 spiro atoms. The monoisotopic (exact) mass is 1200 g/mol. The zero-order valence-corrected chi connectivity index (χ0v) is 50.8. The fraction of sp³-hybridized carbons (Fsp3) is 0.552. The van der Waals surface area contributed by atoms with Gasteiger partial charge in [-0.2, -0.15) is 0 Å². The maximum Gasteiger partial charge on any atom is 0.249 e. The number of nitrogens with one attached hydrogen (secondary N) is 6. The molecule has 3 saturated carbocycles. The molecule has 0 radical (unpaired) electrons. The first kappa shape index (κ1) is 62.6. The quantitative estimate of drug-likeness (QED) is 0.0417. The minimum Gasteiger partial charge on any atom is -0.494 e. The van der Waals surface area contributed by atoms with Gasteiger partial charge in [0.2, 0.25) is 29.5 Å². The van der Waals surface area contributed by atoms with Crippen molar-refractivity contribution in [2.45, 2.75) is 183 Å². The molecule has 0 aromatic heterocycles. The topological polar surface area (TPSA) is 222 Å². The Morgan fingerprint density at radius 1 is 0.814 bits per heavy atom. The van der Waals surface area contributed by atoms with Crippen LogP contribution >= 0.6 is 11.6 Å². The van der Waals surface area contributed by atoms with Crippen molar-refractivity contribution in [2.24, 2.45) is 23.5 Å². The third kappa shape index (κ3) is 13.5. The first-order chi connectivity index (χ1) is 41.5. The second-order valence-corrected chi connectivity index (χ2v) is 25.5. The molecule has 5 amide bonds. The van der Waals surface area contributed by atoms with E-state index in [0.29, 0.717) is 24.9 Å². The van der Waals surface area contributed by atoms with Crippen molar-refractivity contribution in [3.63, 3.8) is 0 Å². The van der Waals surface area contributed by atoms with E-state index in [1.807, 2.05) is 49.4 Å². The largest absolute Gasteiger partial charge is 0.494 e. The number of fused-ring (bicyclic) bond motifs is 2. The van der Waals surface area contributed by atoms with Gasteiger partial charge in [-0.15, -0.1) is 0 Å². The molecule has 0 bridgehead atoms. The summed E-state index contributed by atoms with van der Waals surface area (Å²) in [5.74, 6) is -3.71. The van der Waals surface area contributed by atoms with Gasteiger partial charge in [-0.1, -0.05) is 92.4 Å². The molecule has 86 heavy (non-hydrogen) atoms. The fourth-order valence-corrected chi connectivity index (χ4v) is 15.1. The Labute approximate surface area is 508 Å². The van der Waals surface area contributed by atoms with E-state index in [2.05, 4.69) is 44.0 Å². The Hall–Kier alpha value is -6.47. The molecule has 16 nitrogen and oxygen atoms in total. The first-order valence-electron chi connectivity index (χ1n) is 31.4. The van der Waals surface area contributed by atoms with Crippen LogP contribution in [0.15, 0.2) is 72.8 Å². The summed E-state index contributed by atoms with van der Waals surface area (Å²) in [6.07, 6.45) is 14.3. The number of ether oxygens (including phenoxy) is 2. The molecule has 8 N–H and O–H groups in total. The smallest absolute Gasteiger partial charge is 0.249 e. The van der Waals surface area contributed by atoms with Crippen LogP contribution in [0, 0.1) is 29.4 Å². The molecule has 0 unspecified atom stereocenters. The van der Waals surface area contributed by atoms with Crippen molar-refractivity contribution < 1.29 is 47.0 Å². The van der Waals surface area contributed by atoms with Gasteiger partial charge in [0.05, 0.1) is 36.3 Å². The van der Waals surface area contributed by atoms with Crippen LogP contribution in [0.3, 0.4) is 0 Å². The van der Waals surface area contributed by atoms with Crippen LogP contribution in [0.4, 0.5) is 8.78 Å². The Bertz CT molecular complexity index is 3130. The number of likely N-dealkylation sites (tertiary alicyclic amines) is 1. The molecule has 7 atom stereocenters. The summed E-state index contributed by atoms with van der Waals surface area (Å²) in [7, 11) is 3.00. The van der Waals surface area contributed by atoms with Crippen LogP contribution in [-0.4, -0.2) is 110 Å². The highest BCUT2D eigenvalue weighted by atomic mass is 35.5. The van der Waals surface area contributed by atoms with Gasteiger partial charge in [-0.05, 0) is 145 Å². The van der Waals surface area contributed by atoms with E-state index in [-0.39, 0.29) is 118 Å². The number of carbonyl (C=O) groups is 6. The predicted molar refractivity (Wildman–Crippen MR) is 325 cm³/mol. The van der Waals surface area contributed by atoms with Crippen molar-refractivity contribution in [3.05, 3.63) is 117 Å². The predicted octanol–water partition coefficient (Wildman–Crippen LogP) is 8.99. The van der Waals surface area contributed by atoms with Gasteiger partial charge in [0.25, 0.3) is 0 Å². The summed E-state index contributed by atoms with van der Waals surface area (Å²) in [5.41, 5.74) is 7.76. The number of ketones is 1. The zero-order chi connectivity index (χ0) is 60.8. The highest BCUT2D eigenvalue weighted by Crippen LogP contribution is 2.57. The number of methoxy groups -OCH3 is 1. The highest BCUT2D eigenvalue weighted by molar-refractivity contribution is 6.34. The minimum atomic E-state index is -1.10. The number of primary amides is 1. The normalized spacial score (nSPS) is 26.3. The minimum absolute atomic E-state index is 0.0167. The van der Waals surface area contributed by atoms with Gasteiger partial charge in [-0.3, -0.25) is 28.8 Å². The summed E-state index contributed by atoms with van der Waals surface area (Å²) in [4.78, 5) is 84.6. The maximum absolute atomic E-state index is 16.3. The van der Waals surface area contributed by atoms with E-state index in [9.17, 15) is 28.8 Å². The number of rotatable bonds is 21. The van der Waals surface area contributed by atoms with Gasteiger partial charge in [0.1, 0.15) is 29.4 Å². The number of nitrogens with zero attached hydrogens (tertiary/aromatic N) is 1. The van der Waals surface area contributed by atoms with Crippen molar-refractivity contribution in [2.75, 3.05) is 33.8 Å². The van der Waals surface area contributed by atoms with Crippen molar-refractivity contribution in [3.8, 4) is 22.6 Å². The maximum atomic E-state index is 16.3. The molecule has 2 heterocycles. The number of halogens is 3. The van der Waals surface area contributed by atoms with E-state index in [1.54, 1.807) is 18.9 Å². The summed E-state index contributed by atoms with van der Waals surface area (Å²) >= 11 is 6.72. The lowest BCUT2D eigenvalue weighted by Crippen LogP contribution is -2.58. The second kappa shape index (κ2) is 27.7. The molecule has 10 rings (SSSR count). The van der Waals surface area contributed by atoms with Gasteiger partial charge in [0.15, 0.2) is 17.2 Å². The van der Waals surface area contributed by atoms with E-state index in [0.717, 1.165) is 114 Å². The van der Waals surface area contributed by atoms with Crippen LogP contribution in [0.5, 0.6) is 11.5 Å². The molecule has 2 aliphatic heterocycles. The summed E-state index contributed by atoms with van der Waals surface area (Å²) in [6.45, 7) is 4.22. The molecule has 1 saturated heterocycles. The van der Waals surface area contributed by atoms with Crippen LogP contribution in [0.2, 0.25) is 5.02 Å². The van der Waals surface area contributed by atoms with E-state index in [1.165, 1.54) is 30.9 Å². The van der Waals surface area contributed by atoms with E-state index in [4.69, 9.17) is 26.8 Å². The van der Waals surface area contributed by atoms with Crippen LogP contribution in [0.25, 0.3) is 11.1 Å². The molecule has 4 fully saturated rings. The third-order valence-electron chi connectivity index (χ3n) is 19.9. The number of amides is 5. The Morgan fingerprint density at radius 2 is 1.52 bits per heavy atom. The zero-order valence-electron chi connectivity index (χ0n) is 50.1. The third-order valence-corrected chi connectivity index (χ3v) is 20.3. The second-order valence-electron chi connectivity index (χ2n) is 25.2. The summed E-state index contributed by atoms with van der Waals surface area (Å²) < 4.78 is 44.3. The number of hydrogen-bond donors (Lipinski definition) is 7. The molecule has 6 aliphatic rings. The molecule has 4 aromatic carbocycles. The first-order valence-corrected chi connectivity index (χ1v) is 31.7. The van der Waals surface area contributed by atoms with E-state index >= 15 is 8.78 Å². The number of aryl methyl sites for hydroxylation is 1. The molecule has 462 valence electrons. The van der Waals surface area contributed by atoms with Crippen molar-refractivity contribution >= 4 is 46.9 Å². The van der Waals surface area contributed by atoms with Crippen LogP contribution in [-0.2, 0) is 36.0 Å². The van der Waals surface area contributed by atoms with Crippen LogP contribution < -0.4 is 47.1 Å². The van der Waals surface area contributed by atoms with Crippen molar-refractivity contribution in [1.29, 1.82) is 0 Å². The lowest BCUT2D eigenvalue weighted by molar-refractivity contribution is -0.143. The Morgan fingerprint density at radius 3 is 2.23 bits per heavy atom. The van der Waals surface area contributed by atoms with Gasteiger partial charge in [-0.25, -0.2) is 8.78 Å². The number of hydrogen-bond acceptors (Lipinski definition) is 11. The summed E-state index contributed by atoms with van der Waals surface area (Å²) in [5, 5.41) is 19.4. The standard InChI is InChI=1S/C67H85ClF2N8O8/c1-38-57-55(34-50(69)60(68)59(57)58-49(63(71)81)30-31-54(85-4)61(58)70)86-67(38,44-18-9-6-10-19-44)37-74-45-28-24-42(25-29-45)53(79)32-40-22-26-46(27-23-40)75-56(80)35-73-47-33-52(65(83)76-51-21-13-17-41-14-11-12-20-48(41)51)78(36-47)66(84)62(43-15-7-5-8-16-43)77-64(82)39(2)72-3/h6,9-12,14,18-20,30-31,34,38-40,42-43,45-47,51-52,62,72-74H,5,7-8,13,15-17,21-29,32-33,35-37H2,1-4H3,(H2,71,81)(H,75,80)(H,76,83)(H,77,82)/t38-,39-,40?,42?,45?,46?,47-,51+,52-,62-,67-/m0/s1. The molecular formula is C67H85ClF2N8O8. The molecule has 19 heteroatoms. The van der Waals surface area contributed by atoms with E-state index < -0.39 is 47.2 Å². The molecular weight excluding hydrogens is 1120 g/mol. The van der Waals surface area contributed by atoms with Crippen LogP contribution in [0.1, 0.15) is 168 Å². The lowest BCUT2D eigenvalue weighted by Gasteiger charge is -2.37. The van der Waals surface area contributed by atoms with Crippen molar-refractivity contribution in [1.82, 2.24) is 36.8 Å². The SMILES string of the molecule is CN[C@@H](C)C(=O)N[C@H](C(=O)N1C[C@@H](NCC(=O)NC2CCC(CC(=O)C3CCC(NC[C@]4(c5ccccc5)Oc5cc(F)c(Cl)c(-c6c(C(N)=O)ccc(OC)c6F)c5[C@@H]4C)CC3)CC2)C[C@H]1C(=O)N[C@@H]1CCCc2ccccc21)C1CCCCC1. The summed E-state index contributed by atoms with van der Waals surface area (Å²) in [6, 6.07) is 19.0. The van der Waals surface area contributed by atoms with Gasteiger partial charge >= 0.3 is 0 Å². The Kier molecular flexibility index (Phi) is 20.2. The number of likely N-dealkylation sites (N-methyl/N-ethyl adjacent to an activating group) is 1. The number of nitrogens with two attached hydrogens (primary N) is 1. The fourth-order valence-electron chi connectivity index (χ4n) is 14.9. The molecule has 4 aliphatic carbocycles. The highest BCUT2D eigenvalue weighted by Gasteiger charge is 2.51. The van der Waals surface area contributed by atoms with Gasteiger partial charge in [0, 0.05) is 72.2 Å². The number of benzene rings is 4. The average molecular weight is 1200 g/mol. The number of carbonyl (C=O) groups excluding carboxylic acids is 6. The Balaban J connectivity index is 0.715. The average Bonchev–Trinajstić information content (AvgIpc) is 1.57. The molecule has 4 aromatic rings.